The molecule has 1 aliphatic heterocycles. The summed E-state index contributed by atoms with van der Waals surface area (Å²) in [6.07, 6.45) is 6.86. The number of benzene rings is 2. The van der Waals surface area contributed by atoms with Crippen LogP contribution in [0, 0.1) is 0 Å². The van der Waals surface area contributed by atoms with Crippen molar-refractivity contribution in [2.75, 3.05) is 49.8 Å². The van der Waals surface area contributed by atoms with E-state index in [-0.39, 0.29) is 5.91 Å². The third-order valence-corrected chi connectivity index (χ3v) is 7.08. The van der Waals surface area contributed by atoms with E-state index < -0.39 is 0 Å². The molecule has 0 unspecified atom stereocenters. The Bertz CT molecular complexity index is 1500. The van der Waals surface area contributed by atoms with E-state index in [1.54, 1.807) is 13.3 Å². The van der Waals surface area contributed by atoms with E-state index in [9.17, 15) is 4.79 Å². The quantitative estimate of drug-likeness (QED) is 0.308. The van der Waals surface area contributed by atoms with E-state index in [4.69, 9.17) is 9.72 Å². The van der Waals surface area contributed by atoms with E-state index in [2.05, 4.69) is 57.1 Å². The van der Waals surface area contributed by atoms with E-state index in [1.165, 1.54) is 6.08 Å². The predicted octanol–water partition coefficient (Wildman–Crippen LogP) is 5.10. The van der Waals surface area contributed by atoms with Crippen molar-refractivity contribution in [3.05, 3.63) is 73.6 Å². The molecule has 5 rings (SSSR count). The number of methoxy groups -OCH3 is 1. The molecule has 2 aromatic carbocycles. The fourth-order valence-electron chi connectivity index (χ4n) is 4.92. The van der Waals surface area contributed by atoms with Crippen molar-refractivity contribution in [1.29, 1.82) is 0 Å². The molecule has 2 N–H and O–H groups in total. The summed E-state index contributed by atoms with van der Waals surface area (Å²) in [5.41, 5.74) is 4.77. The largest absolute Gasteiger partial charge is 0.494 e. The number of carbonyl (C=O) groups excluding carboxylic acids is 1. The molecule has 9 nitrogen and oxygen atoms in total. The van der Waals surface area contributed by atoms with Gasteiger partial charge >= 0.3 is 0 Å². The predicted molar refractivity (Wildman–Crippen MR) is 157 cm³/mol. The number of nitrogens with one attached hydrogen (secondary N) is 2. The maximum absolute atomic E-state index is 12.3. The Kier molecular flexibility index (Phi) is 7.69. The summed E-state index contributed by atoms with van der Waals surface area (Å²) in [6.45, 7) is 5.36. The van der Waals surface area contributed by atoms with Crippen LogP contribution in [-0.4, -0.2) is 66.1 Å². The van der Waals surface area contributed by atoms with E-state index in [0.717, 1.165) is 53.8 Å². The first-order valence-electron chi connectivity index (χ1n) is 13.0. The van der Waals surface area contributed by atoms with Crippen LogP contribution in [0.25, 0.3) is 22.2 Å². The summed E-state index contributed by atoms with van der Waals surface area (Å²) in [4.78, 5) is 30.6. The number of rotatable bonds is 8. The van der Waals surface area contributed by atoms with Crippen LogP contribution in [0.3, 0.4) is 0 Å². The molecule has 0 bridgehead atoms. The van der Waals surface area contributed by atoms with Crippen molar-refractivity contribution in [3.8, 4) is 17.0 Å². The molecule has 0 spiro atoms. The zero-order chi connectivity index (χ0) is 27.4. The summed E-state index contributed by atoms with van der Waals surface area (Å²) < 4.78 is 5.76. The van der Waals surface area contributed by atoms with Gasteiger partial charge in [0.05, 0.1) is 35.4 Å². The van der Waals surface area contributed by atoms with Crippen molar-refractivity contribution in [2.45, 2.75) is 18.9 Å². The third-order valence-electron chi connectivity index (χ3n) is 7.08. The van der Waals surface area contributed by atoms with Crippen molar-refractivity contribution in [1.82, 2.24) is 19.9 Å². The lowest BCUT2D eigenvalue weighted by Crippen LogP contribution is -2.42. The minimum Gasteiger partial charge on any atom is -0.494 e. The zero-order valence-corrected chi connectivity index (χ0v) is 22.5. The average Bonchev–Trinajstić information content (AvgIpc) is 2.97. The van der Waals surface area contributed by atoms with Crippen LogP contribution >= 0.6 is 0 Å². The molecule has 1 aliphatic rings. The summed E-state index contributed by atoms with van der Waals surface area (Å²) in [5.74, 6) is 0.745. The molecule has 0 atom stereocenters. The van der Waals surface area contributed by atoms with Gasteiger partial charge in [-0.05, 0) is 57.3 Å². The molecule has 0 saturated carbocycles. The molecule has 39 heavy (non-hydrogen) atoms. The van der Waals surface area contributed by atoms with Gasteiger partial charge in [0.25, 0.3) is 0 Å². The van der Waals surface area contributed by atoms with Gasteiger partial charge in [-0.3, -0.25) is 9.78 Å². The lowest BCUT2D eigenvalue weighted by Gasteiger charge is -2.37. The standard InChI is InChI=1S/C30H33N7O2/c1-5-29(38)33-25-17-26(28(39-4)18-27(25)37-14-11-22(12-15-37)36(2)3)35-30-31-13-10-24(34-30)21-16-20-8-6-7-9-23(20)32-19-21/h5-10,13,16-19,22H,1,11-12,14-15H2,2-4H3,(H,33,38)(H,31,34,35). The normalized spacial score (nSPS) is 13.9. The molecule has 200 valence electrons. The Morgan fingerprint density at radius 2 is 1.90 bits per heavy atom. The third kappa shape index (κ3) is 5.83. The number of para-hydroxylation sites is 1. The Hall–Kier alpha value is -4.50. The number of hydrogen-bond acceptors (Lipinski definition) is 8. The first-order valence-corrected chi connectivity index (χ1v) is 13.0. The van der Waals surface area contributed by atoms with Gasteiger partial charge in [-0.1, -0.05) is 24.8 Å². The molecule has 1 saturated heterocycles. The highest BCUT2D eigenvalue weighted by molar-refractivity contribution is 6.02. The molecule has 1 fully saturated rings. The molecule has 0 aliphatic carbocycles. The first-order chi connectivity index (χ1) is 18.9. The van der Waals surface area contributed by atoms with Crippen LogP contribution in [0.1, 0.15) is 12.8 Å². The molecule has 3 heterocycles. The number of fused-ring (bicyclic) bond motifs is 1. The van der Waals surface area contributed by atoms with Gasteiger partial charge in [0.2, 0.25) is 11.9 Å². The lowest BCUT2D eigenvalue weighted by atomic mass is 10.0. The Labute approximate surface area is 228 Å². The van der Waals surface area contributed by atoms with Crippen molar-refractivity contribution >= 4 is 39.8 Å². The van der Waals surface area contributed by atoms with E-state index >= 15 is 0 Å². The number of pyridine rings is 1. The summed E-state index contributed by atoms with van der Waals surface area (Å²) in [7, 11) is 5.86. The maximum atomic E-state index is 12.3. The highest BCUT2D eigenvalue weighted by atomic mass is 16.5. The maximum Gasteiger partial charge on any atom is 0.247 e. The number of nitrogens with zero attached hydrogens (tertiary/aromatic N) is 5. The minimum atomic E-state index is -0.280. The summed E-state index contributed by atoms with van der Waals surface area (Å²) in [5, 5.41) is 7.29. The number of anilines is 4. The summed E-state index contributed by atoms with van der Waals surface area (Å²) >= 11 is 0. The lowest BCUT2D eigenvalue weighted by molar-refractivity contribution is -0.111. The second kappa shape index (κ2) is 11.5. The number of carbonyl (C=O) groups is 1. The Morgan fingerprint density at radius 3 is 2.64 bits per heavy atom. The van der Waals surface area contributed by atoms with Gasteiger partial charge in [0, 0.05) is 48.5 Å². The van der Waals surface area contributed by atoms with Crippen LogP contribution in [-0.2, 0) is 4.79 Å². The van der Waals surface area contributed by atoms with Crippen LogP contribution in [0.5, 0.6) is 5.75 Å². The van der Waals surface area contributed by atoms with Gasteiger partial charge < -0.3 is 25.2 Å². The second-order valence-corrected chi connectivity index (χ2v) is 9.75. The second-order valence-electron chi connectivity index (χ2n) is 9.75. The number of piperidine rings is 1. The van der Waals surface area contributed by atoms with Gasteiger partial charge in [-0.25, -0.2) is 9.97 Å². The number of aromatic nitrogens is 3. The van der Waals surface area contributed by atoms with Crippen LogP contribution < -0.4 is 20.3 Å². The number of hydrogen-bond donors (Lipinski definition) is 2. The highest BCUT2D eigenvalue weighted by Crippen LogP contribution is 2.39. The highest BCUT2D eigenvalue weighted by Gasteiger charge is 2.24. The van der Waals surface area contributed by atoms with E-state index in [1.807, 2.05) is 48.7 Å². The van der Waals surface area contributed by atoms with Crippen LogP contribution in [0.15, 0.2) is 73.6 Å². The fourth-order valence-corrected chi connectivity index (χ4v) is 4.92. The average molecular weight is 524 g/mol. The van der Waals surface area contributed by atoms with Crippen molar-refractivity contribution in [2.24, 2.45) is 0 Å². The first kappa shape index (κ1) is 26.1. The van der Waals surface area contributed by atoms with Crippen molar-refractivity contribution in [3.63, 3.8) is 0 Å². The van der Waals surface area contributed by atoms with Crippen molar-refractivity contribution < 1.29 is 9.53 Å². The Morgan fingerprint density at radius 1 is 1.10 bits per heavy atom. The molecular formula is C30H33N7O2. The Balaban J connectivity index is 1.46. The van der Waals surface area contributed by atoms with Crippen LogP contribution in [0.2, 0.25) is 0 Å². The van der Waals surface area contributed by atoms with Gasteiger partial charge in [-0.2, -0.15) is 0 Å². The van der Waals surface area contributed by atoms with Gasteiger partial charge in [0.1, 0.15) is 5.75 Å². The SMILES string of the molecule is C=CC(=O)Nc1cc(Nc2nccc(-c3cnc4ccccc4c3)n2)c(OC)cc1N1CCC(N(C)C)CC1. The minimum absolute atomic E-state index is 0.280. The molecule has 9 heteroatoms. The fraction of sp³-hybridized carbons (Fsp3) is 0.267. The molecule has 0 radical (unpaired) electrons. The monoisotopic (exact) mass is 523 g/mol. The molecule has 1 amide bonds. The van der Waals surface area contributed by atoms with Gasteiger partial charge in [-0.15, -0.1) is 0 Å². The molecule has 4 aromatic rings. The summed E-state index contributed by atoms with van der Waals surface area (Å²) in [6, 6.07) is 16.2. The topological polar surface area (TPSA) is 95.5 Å². The van der Waals surface area contributed by atoms with Crippen LogP contribution in [0.4, 0.5) is 23.0 Å². The molecular weight excluding hydrogens is 490 g/mol. The zero-order valence-electron chi connectivity index (χ0n) is 22.5. The van der Waals surface area contributed by atoms with Gasteiger partial charge in [0.15, 0.2) is 0 Å². The van der Waals surface area contributed by atoms with E-state index in [0.29, 0.717) is 29.1 Å². The number of ether oxygens (including phenoxy) is 1. The molecule has 2 aromatic heterocycles. The smallest absolute Gasteiger partial charge is 0.247 e. The number of amides is 1.